The maximum Gasteiger partial charge on any atom is 0.0497 e. The van der Waals surface area contributed by atoms with Gasteiger partial charge >= 0.3 is 0 Å². The second kappa shape index (κ2) is 6.25. The van der Waals surface area contributed by atoms with Crippen LogP contribution in [0.15, 0.2) is 24.3 Å². The average molecular weight is 308 g/mol. The van der Waals surface area contributed by atoms with Crippen LogP contribution in [-0.2, 0) is 0 Å². The zero-order valence-corrected chi connectivity index (χ0v) is 13.8. The first-order valence-electron chi connectivity index (χ1n) is 8.03. The van der Waals surface area contributed by atoms with Crippen molar-refractivity contribution in [2.45, 2.75) is 50.4 Å². The zero-order chi connectivity index (χ0) is 15.0. The first-order chi connectivity index (χ1) is 10.1. The van der Waals surface area contributed by atoms with Crippen molar-refractivity contribution in [1.82, 2.24) is 9.80 Å². The minimum Gasteiger partial charge on any atom is -0.326 e. The number of hydrogen-bond acceptors (Lipinski definition) is 3. The molecule has 0 aromatic heterocycles. The number of likely N-dealkylation sites (N-methyl/N-ethyl adjacent to an activating group) is 1. The molecular weight excluding hydrogens is 282 g/mol. The Balaban J connectivity index is 1.84. The van der Waals surface area contributed by atoms with E-state index in [4.69, 9.17) is 17.3 Å². The smallest absolute Gasteiger partial charge is 0.0497 e. The highest BCUT2D eigenvalue weighted by molar-refractivity contribution is 6.30. The fourth-order valence-corrected chi connectivity index (χ4v) is 4.32. The topological polar surface area (TPSA) is 32.5 Å². The Morgan fingerprint density at radius 3 is 2.71 bits per heavy atom. The summed E-state index contributed by atoms with van der Waals surface area (Å²) in [5.41, 5.74) is 7.58. The van der Waals surface area contributed by atoms with Gasteiger partial charge in [0.05, 0.1) is 0 Å². The number of hydrogen-bond donors (Lipinski definition) is 1. The predicted molar refractivity (Wildman–Crippen MR) is 88.6 cm³/mol. The summed E-state index contributed by atoms with van der Waals surface area (Å²) in [6, 6.07) is 9.99. The molecule has 0 radical (unpaired) electrons. The van der Waals surface area contributed by atoms with E-state index in [0.717, 1.165) is 24.2 Å². The van der Waals surface area contributed by atoms with Crippen molar-refractivity contribution >= 4 is 11.6 Å². The van der Waals surface area contributed by atoms with Gasteiger partial charge in [0.1, 0.15) is 0 Å². The van der Waals surface area contributed by atoms with E-state index in [0.29, 0.717) is 6.04 Å². The van der Waals surface area contributed by atoms with Gasteiger partial charge in [-0.3, -0.25) is 9.80 Å². The van der Waals surface area contributed by atoms with Crippen LogP contribution in [0.25, 0.3) is 0 Å². The van der Waals surface area contributed by atoms with Gasteiger partial charge in [-0.25, -0.2) is 0 Å². The van der Waals surface area contributed by atoms with E-state index in [-0.39, 0.29) is 12.1 Å². The molecule has 21 heavy (non-hydrogen) atoms. The Morgan fingerprint density at radius 1 is 1.24 bits per heavy atom. The van der Waals surface area contributed by atoms with E-state index < -0.39 is 0 Å². The molecule has 1 aromatic carbocycles. The van der Waals surface area contributed by atoms with E-state index in [1.807, 2.05) is 12.1 Å². The van der Waals surface area contributed by atoms with E-state index in [1.54, 1.807) is 0 Å². The molecule has 0 spiro atoms. The molecule has 4 atom stereocenters. The molecule has 3 rings (SSSR count). The second-order valence-corrected chi connectivity index (χ2v) is 7.13. The lowest BCUT2D eigenvalue weighted by Gasteiger charge is -2.36. The molecule has 0 aliphatic carbocycles. The maximum atomic E-state index is 6.34. The van der Waals surface area contributed by atoms with Gasteiger partial charge in [-0.2, -0.15) is 0 Å². The average Bonchev–Trinajstić information content (AvgIpc) is 2.66. The Labute approximate surface area is 133 Å². The molecule has 116 valence electrons. The number of fused-ring (bicyclic) bond motifs is 2. The minimum atomic E-state index is 0.102. The molecule has 3 nitrogen and oxygen atoms in total. The monoisotopic (exact) mass is 307 g/mol. The Hall–Kier alpha value is -0.610. The summed E-state index contributed by atoms with van der Waals surface area (Å²) < 4.78 is 0. The van der Waals surface area contributed by atoms with Crippen molar-refractivity contribution < 1.29 is 0 Å². The van der Waals surface area contributed by atoms with Crippen LogP contribution in [0.4, 0.5) is 0 Å². The molecule has 2 bridgehead atoms. The van der Waals surface area contributed by atoms with Crippen LogP contribution in [-0.4, -0.2) is 48.1 Å². The van der Waals surface area contributed by atoms with Crippen LogP contribution in [0, 0.1) is 0 Å². The van der Waals surface area contributed by atoms with Crippen molar-refractivity contribution in [3.8, 4) is 0 Å². The van der Waals surface area contributed by atoms with Crippen LogP contribution in [0.2, 0.25) is 5.02 Å². The highest BCUT2D eigenvalue weighted by Gasteiger charge is 2.37. The molecule has 0 saturated carbocycles. The van der Waals surface area contributed by atoms with Gasteiger partial charge in [0.15, 0.2) is 0 Å². The fraction of sp³-hybridized carbons (Fsp3) is 0.647. The van der Waals surface area contributed by atoms with E-state index in [1.165, 1.54) is 24.8 Å². The molecule has 2 N–H and O–H groups in total. The SMILES string of the molecule is CC(N)C(c1cccc(Cl)c1)N1CCC2CCC(C1)N2C. The van der Waals surface area contributed by atoms with Crippen molar-refractivity contribution in [3.63, 3.8) is 0 Å². The standard InChI is InChI=1S/C17H26ClN3/c1-12(19)17(13-4-3-5-14(18)10-13)21-9-8-15-6-7-16(11-21)20(15)2/h3-5,10,12,15-17H,6-9,11,19H2,1-2H3. The third-order valence-electron chi connectivity index (χ3n) is 5.26. The summed E-state index contributed by atoms with van der Waals surface area (Å²) in [6.07, 6.45) is 3.92. The summed E-state index contributed by atoms with van der Waals surface area (Å²) in [5.74, 6) is 0. The van der Waals surface area contributed by atoms with Gasteiger partial charge in [0.2, 0.25) is 0 Å². The molecular formula is C17H26ClN3. The summed E-state index contributed by atoms with van der Waals surface area (Å²) in [5, 5.41) is 0.798. The number of nitrogens with zero attached hydrogens (tertiary/aromatic N) is 2. The van der Waals surface area contributed by atoms with E-state index in [2.05, 4.69) is 35.9 Å². The lowest BCUT2D eigenvalue weighted by atomic mass is 9.97. The number of halogens is 1. The van der Waals surface area contributed by atoms with Crippen LogP contribution in [0.3, 0.4) is 0 Å². The molecule has 2 saturated heterocycles. The summed E-state index contributed by atoms with van der Waals surface area (Å²) in [4.78, 5) is 5.16. The summed E-state index contributed by atoms with van der Waals surface area (Å²) in [6.45, 7) is 4.36. The maximum absolute atomic E-state index is 6.34. The molecule has 4 heteroatoms. The van der Waals surface area contributed by atoms with Crippen LogP contribution in [0.1, 0.15) is 37.8 Å². The van der Waals surface area contributed by atoms with Crippen LogP contribution in [0.5, 0.6) is 0 Å². The molecule has 2 fully saturated rings. The highest BCUT2D eigenvalue weighted by Crippen LogP contribution is 2.33. The Kier molecular flexibility index (Phi) is 4.55. The highest BCUT2D eigenvalue weighted by atomic mass is 35.5. The number of nitrogens with two attached hydrogens (primary N) is 1. The molecule has 0 amide bonds. The van der Waals surface area contributed by atoms with E-state index >= 15 is 0 Å². The quantitative estimate of drug-likeness (QED) is 0.932. The summed E-state index contributed by atoms with van der Waals surface area (Å²) in [7, 11) is 2.28. The van der Waals surface area contributed by atoms with Gasteiger partial charge in [-0.1, -0.05) is 23.7 Å². The van der Waals surface area contributed by atoms with E-state index in [9.17, 15) is 0 Å². The lowest BCUT2D eigenvalue weighted by Crippen LogP contribution is -2.44. The van der Waals surface area contributed by atoms with Gasteiger partial charge in [-0.05, 0) is 50.9 Å². The molecule has 1 aromatic rings. The Morgan fingerprint density at radius 2 is 2.00 bits per heavy atom. The van der Waals surface area contributed by atoms with Crippen LogP contribution >= 0.6 is 11.6 Å². The Bertz CT molecular complexity index is 491. The third kappa shape index (κ3) is 3.11. The largest absolute Gasteiger partial charge is 0.326 e. The first kappa shape index (κ1) is 15.3. The van der Waals surface area contributed by atoms with Crippen molar-refractivity contribution in [1.29, 1.82) is 0 Å². The zero-order valence-electron chi connectivity index (χ0n) is 13.0. The number of likely N-dealkylation sites (tertiary alicyclic amines) is 1. The van der Waals surface area contributed by atoms with Gasteiger partial charge in [0, 0.05) is 42.3 Å². The lowest BCUT2D eigenvalue weighted by molar-refractivity contribution is 0.155. The predicted octanol–water partition coefficient (Wildman–Crippen LogP) is 2.90. The molecule has 2 heterocycles. The molecule has 2 aliphatic rings. The minimum absolute atomic E-state index is 0.102. The molecule has 4 unspecified atom stereocenters. The van der Waals surface area contributed by atoms with Gasteiger partial charge < -0.3 is 5.73 Å². The second-order valence-electron chi connectivity index (χ2n) is 6.69. The fourth-order valence-electron chi connectivity index (χ4n) is 4.13. The number of benzene rings is 1. The van der Waals surface area contributed by atoms with Crippen molar-refractivity contribution in [2.75, 3.05) is 20.1 Å². The van der Waals surface area contributed by atoms with Gasteiger partial charge in [0.25, 0.3) is 0 Å². The van der Waals surface area contributed by atoms with Crippen molar-refractivity contribution in [3.05, 3.63) is 34.9 Å². The van der Waals surface area contributed by atoms with Gasteiger partial charge in [-0.15, -0.1) is 0 Å². The summed E-state index contributed by atoms with van der Waals surface area (Å²) >= 11 is 6.18. The normalized spacial score (nSPS) is 30.1. The van der Waals surface area contributed by atoms with Crippen molar-refractivity contribution in [2.24, 2.45) is 5.73 Å². The third-order valence-corrected chi connectivity index (χ3v) is 5.50. The first-order valence-corrected chi connectivity index (χ1v) is 8.41. The molecule has 2 aliphatic heterocycles. The number of rotatable bonds is 3. The van der Waals surface area contributed by atoms with Crippen LogP contribution < -0.4 is 5.73 Å².